The van der Waals surface area contributed by atoms with E-state index in [1.54, 1.807) is 20.5 Å². The summed E-state index contributed by atoms with van der Waals surface area (Å²) < 4.78 is 18.8. The van der Waals surface area contributed by atoms with Crippen molar-refractivity contribution in [2.75, 3.05) is 20.0 Å². The normalized spacial score (nSPS) is 20.0. The largest absolute Gasteiger partial charge is 0.493 e. The van der Waals surface area contributed by atoms with E-state index in [2.05, 4.69) is 27.1 Å². The highest BCUT2D eigenvalue weighted by Crippen LogP contribution is 2.49. The number of hydrogen-bond donors (Lipinski definition) is 1. The van der Waals surface area contributed by atoms with E-state index >= 15 is 0 Å². The van der Waals surface area contributed by atoms with Gasteiger partial charge in [-0.2, -0.15) is 5.26 Å². The van der Waals surface area contributed by atoms with E-state index in [1.807, 2.05) is 24.3 Å². The molecule has 0 bridgehead atoms. The van der Waals surface area contributed by atoms with Crippen molar-refractivity contribution >= 4 is 21.9 Å². The summed E-state index contributed by atoms with van der Waals surface area (Å²) in [6.07, 6.45) is 8.02. The molecule has 1 aromatic heterocycles. The van der Waals surface area contributed by atoms with E-state index in [0.29, 0.717) is 23.6 Å². The van der Waals surface area contributed by atoms with Gasteiger partial charge in [-0.25, -0.2) is 9.55 Å². The van der Waals surface area contributed by atoms with Gasteiger partial charge >= 0.3 is 0 Å². The topological polar surface area (TPSA) is 95.3 Å². The molecule has 8 heteroatoms. The van der Waals surface area contributed by atoms with Crippen LogP contribution >= 0.6 is 15.9 Å². The number of allylic oxidation sites excluding steroid dienone is 2. The van der Waals surface area contributed by atoms with E-state index in [0.717, 1.165) is 21.3 Å². The van der Waals surface area contributed by atoms with E-state index in [9.17, 15) is 5.26 Å². The SMILES string of the molecule is COc1cc(C2CC3=CC=COC3c3nc(N)n(C#N)c32)cc(Br)c1OC. The second-order valence-corrected chi connectivity index (χ2v) is 7.11. The zero-order valence-electron chi connectivity index (χ0n) is 14.8. The molecule has 2 unspecified atom stereocenters. The maximum absolute atomic E-state index is 9.63. The summed E-state index contributed by atoms with van der Waals surface area (Å²) in [6.45, 7) is 0. The minimum absolute atomic E-state index is 0.127. The Bertz CT molecular complexity index is 1020. The van der Waals surface area contributed by atoms with Gasteiger partial charge in [0.05, 0.1) is 30.6 Å². The molecule has 4 rings (SSSR count). The molecule has 2 aliphatic rings. The average Bonchev–Trinajstić information content (AvgIpc) is 3.02. The van der Waals surface area contributed by atoms with Crippen molar-refractivity contribution in [1.29, 1.82) is 5.26 Å². The van der Waals surface area contributed by atoms with Gasteiger partial charge in [-0.05, 0) is 51.7 Å². The number of imidazole rings is 1. The van der Waals surface area contributed by atoms with Crippen molar-refractivity contribution < 1.29 is 14.2 Å². The van der Waals surface area contributed by atoms with E-state index in [-0.39, 0.29) is 18.0 Å². The van der Waals surface area contributed by atoms with Crippen LogP contribution in [0.2, 0.25) is 0 Å². The summed E-state index contributed by atoms with van der Waals surface area (Å²) in [6, 6.07) is 3.89. The minimum atomic E-state index is -0.318. The molecule has 2 heterocycles. The van der Waals surface area contributed by atoms with Gasteiger partial charge in [0.15, 0.2) is 23.8 Å². The van der Waals surface area contributed by atoms with Crippen molar-refractivity contribution in [3.05, 3.63) is 57.5 Å². The zero-order valence-corrected chi connectivity index (χ0v) is 16.4. The Morgan fingerprint density at radius 2 is 2.19 bits per heavy atom. The van der Waals surface area contributed by atoms with Crippen LogP contribution in [0.1, 0.15) is 35.4 Å². The predicted molar refractivity (Wildman–Crippen MR) is 102 cm³/mol. The highest BCUT2D eigenvalue weighted by molar-refractivity contribution is 9.10. The number of anilines is 1. The van der Waals surface area contributed by atoms with Crippen molar-refractivity contribution in [1.82, 2.24) is 9.55 Å². The molecule has 0 spiro atoms. The lowest BCUT2D eigenvalue weighted by atomic mass is 9.79. The smallest absolute Gasteiger partial charge is 0.214 e. The fraction of sp³-hybridized carbons (Fsp3) is 0.263. The van der Waals surface area contributed by atoms with Gasteiger partial charge < -0.3 is 19.9 Å². The van der Waals surface area contributed by atoms with Crippen LogP contribution in [-0.2, 0) is 4.74 Å². The Kier molecular flexibility index (Phi) is 4.32. The third kappa shape index (κ3) is 2.66. The number of aromatic nitrogens is 2. The van der Waals surface area contributed by atoms with Gasteiger partial charge in [-0.15, -0.1) is 0 Å². The number of nitrogens with zero attached hydrogens (tertiary/aromatic N) is 3. The van der Waals surface area contributed by atoms with Gasteiger partial charge in [0, 0.05) is 5.92 Å². The van der Waals surface area contributed by atoms with Crippen LogP contribution in [0.15, 0.2) is 40.6 Å². The number of nitrogen functional groups attached to an aromatic ring is 1. The van der Waals surface area contributed by atoms with Crippen LogP contribution in [0.5, 0.6) is 11.5 Å². The Morgan fingerprint density at radius 1 is 1.37 bits per heavy atom. The molecule has 27 heavy (non-hydrogen) atoms. The van der Waals surface area contributed by atoms with Gasteiger partial charge in [0.25, 0.3) is 0 Å². The molecule has 0 radical (unpaired) electrons. The molecular weight excluding hydrogens is 412 g/mol. The Balaban J connectivity index is 1.93. The van der Waals surface area contributed by atoms with Crippen LogP contribution in [0.3, 0.4) is 0 Å². The minimum Gasteiger partial charge on any atom is -0.493 e. The molecule has 1 aliphatic heterocycles. The van der Waals surface area contributed by atoms with Crippen LogP contribution < -0.4 is 15.2 Å². The molecule has 1 aliphatic carbocycles. The van der Waals surface area contributed by atoms with Gasteiger partial charge in [0.2, 0.25) is 5.95 Å². The van der Waals surface area contributed by atoms with Crippen molar-refractivity contribution in [2.45, 2.75) is 18.4 Å². The summed E-state index contributed by atoms with van der Waals surface area (Å²) in [5, 5.41) is 9.63. The van der Waals surface area contributed by atoms with Crippen LogP contribution in [0, 0.1) is 11.5 Å². The molecule has 0 saturated carbocycles. The van der Waals surface area contributed by atoms with Crippen molar-refractivity contribution in [3.8, 4) is 17.7 Å². The standard InChI is InChI=1S/C19H17BrN4O3/c1-25-14-8-11(7-13(20)18(14)26-2)12-6-10-4-3-5-27-17(10)15-16(12)24(9-21)19(22)23-15/h3-5,7-8,12,17H,6H2,1-2H3,(H2,22,23). The number of benzene rings is 1. The van der Waals surface area contributed by atoms with Gasteiger partial charge in [0.1, 0.15) is 5.69 Å². The summed E-state index contributed by atoms with van der Waals surface area (Å²) in [7, 11) is 3.18. The number of hydrogen-bond acceptors (Lipinski definition) is 6. The molecule has 2 N–H and O–H groups in total. The highest BCUT2D eigenvalue weighted by atomic mass is 79.9. The van der Waals surface area contributed by atoms with Crippen molar-refractivity contribution in [3.63, 3.8) is 0 Å². The third-order valence-electron chi connectivity index (χ3n) is 4.88. The summed E-state index contributed by atoms with van der Waals surface area (Å²) in [5.74, 6) is 1.26. The molecule has 7 nitrogen and oxygen atoms in total. The average molecular weight is 429 g/mol. The van der Waals surface area contributed by atoms with E-state index in [1.165, 1.54) is 4.57 Å². The summed E-state index contributed by atoms with van der Waals surface area (Å²) in [5.41, 5.74) is 9.47. The number of methoxy groups -OCH3 is 2. The number of fused-ring (bicyclic) bond motifs is 3. The quantitative estimate of drug-likeness (QED) is 0.801. The fourth-order valence-electron chi connectivity index (χ4n) is 3.72. The van der Waals surface area contributed by atoms with Crippen molar-refractivity contribution in [2.24, 2.45) is 0 Å². The first-order valence-corrected chi connectivity index (χ1v) is 9.08. The molecule has 0 saturated heterocycles. The molecule has 2 atom stereocenters. The molecular formula is C19H17BrN4O3. The number of halogens is 1. The molecule has 1 aromatic carbocycles. The first kappa shape index (κ1) is 17.5. The Hall–Kier alpha value is -2.92. The lowest BCUT2D eigenvalue weighted by Crippen LogP contribution is -2.22. The lowest BCUT2D eigenvalue weighted by molar-refractivity contribution is 0.159. The number of ether oxygens (including phenoxy) is 3. The molecule has 138 valence electrons. The third-order valence-corrected chi connectivity index (χ3v) is 5.47. The molecule has 2 aromatic rings. The summed E-state index contributed by atoms with van der Waals surface area (Å²) >= 11 is 3.55. The second kappa shape index (κ2) is 6.67. The zero-order chi connectivity index (χ0) is 19.1. The maximum atomic E-state index is 9.63. The van der Waals surface area contributed by atoms with Crippen LogP contribution in [-0.4, -0.2) is 23.8 Å². The lowest BCUT2D eigenvalue weighted by Gasteiger charge is -2.32. The number of nitriles is 1. The maximum Gasteiger partial charge on any atom is 0.214 e. The summed E-state index contributed by atoms with van der Waals surface area (Å²) in [4.78, 5) is 4.43. The van der Waals surface area contributed by atoms with E-state index in [4.69, 9.17) is 19.9 Å². The first-order valence-electron chi connectivity index (χ1n) is 8.29. The van der Waals surface area contributed by atoms with Gasteiger partial charge in [-0.3, -0.25) is 0 Å². The monoisotopic (exact) mass is 428 g/mol. The fourth-order valence-corrected chi connectivity index (χ4v) is 4.35. The van der Waals surface area contributed by atoms with E-state index < -0.39 is 0 Å². The number of rotatable bonds is 3. The van der Waals surface area contributed by atoms with Crippen LogP contribution in [0.25, 0.3) is 0 Å². The first-order chi connectivity index (χ1) is 13.1. The number of nitrogens with two attached hydrogens (primary N) is 1. The highest BCUT2D eigenvalue weighted by Gasteiger charge is 2.39. The molecule has 0 amide bonds. The van der Waals surface area contributed by atoms with Gasteiger partial charge in [-0.1, -0.05) is 6.08 Å². The predicted octanol–water partition coefficient (Wildman–Crippen LogP) is 3.62. The Labute approximate surface area is 164 Å². The molecule has 0 fully saturated rings. The second-order valence-electron chi connectivity index (χ2n) is 6.26. The Morgan fingerprint density at radius 3 is 2.89 bits per heavy atom. The van der Waals surface area contributed by atoms with Crippen LogP contribution in [0.4, 0.5) is 5.95 Å².